The number of amides is 1. The van der Waals surface area contributed by atoms with E-state index in [0.717, 1.165) is 5.56 Å². The van der Waals surface area contributed by atoms with Crippen LogP contribution in [-0.2, 0) is 20.9 Å². The second-order valence-electron chi connectivity index (χ2n) is 3.92. The number of carbonyl (C=O) groups excluding carboxylic acids is 2. The zero-order chi connectivity index (χ0) is 14.1. The third kappa shape index (κ3) is 6.96. The molecule has 0 fully saturated rings. The van der Waals surface area contributed by atoms with Crippen LogP contribution in [0, 0.1) is 0 Å². The predicted octanol–water partition coefficient (Wildman–Crippen LogP) is 1.23. The van der Waals surface area contributed by atoms with Crippen LogP contribution in [0.4, 0.5) is 4.79 Å². The van der Waals surface area contributed by atoms with Crippen LogP contribution in [0.25, 0.3) is 0 Å². The van der Waals surface area contributed by atoms with Crippen LogP contribution in [0.3, 0.4) is 0 Å². The van der Waals surface area contributed by atoms with E-state index in [-0.39, 0.29) is 32.0 Å². The number of nitrogens with one attached hydrogen (secondary N) is 1. The second-order valence-corrected chi connectivity index (χ2v) is 3.92. The van der Waals surface area contributed by atoms with Gasteiger partial charge < -0.3 is 20.5 Å². The average Bonchev–Trinajstić information content (AvgIpc) is 2.45. The van der Waals surface area contributed by atoms with Crippen molar-refractivity contribution in [3.05, 3.63) is 35.9 Å². The van der Waals surface area contributed by atoms with Crippen LogP contribution in [0.1, 0.15) is 12.0 Å². The number of methoxy groups -OCH3 is 1. The van der Waals surface area contributed by atoms with E-state index in [1.54, 1.807) is 0 Å². The fraction of sp³-hybridized carbons (Fsp3) is 0.385. The highest BCUT2D eigenvalue weighted by molar-refractivity contribution is 5.85. The zero-order valence-electron chi connectivity index (χ0n) is 11.2. The van der Waals surface area contributed by atoms with Gasteiger partial charge in [-0.2, -0.15) is 0 Å². The molecule has 20 heavy (non-hydrogen) atoms. The molecule has 0 heterocycles. The maximum Gasteiger partial charge on any atom is 0.407 e. The molecule has 1 amide bonds. The molecular formula is C13H19ClN2O4. The van der Waals surface area contributed by atoms with E-state index in [2.05, 4.69) is 10.1 Å². The number of benzene rings is 1. The molecule has 0 aromatic heterocycles. The number of esters is 1. The lowest BCUT2D eigenvalue weighted by Crippen LogP contribution is -2.42. The Balaban J connectivity index is 0.00000361. The maximum atomic E-state index is 11.5. The highest BCUT2D eigenvalue weighted by atomic mass is 35.5. The van der Waals surface area contributed by atoms with Crippen molar-refractivity contribution in [1.82, 2.24) is 5.32 Å². The molecule has 6 nitrogen and oxygen atoms in total. The van der Waals surface area contributed by atoms with Crippen LogP contribution in [-0.4, -0.2) is 31.8 Å². The summed E-state index contributed by atoms with van der Waals surface area (Å²) in [6.45, 7) is 0.303. The molecular weight excluding hydrogens is 284 g/mol. The number of carbonyl (C=O) groups is 2. The minimum Gasteiger partial charge on any atom is -0.469 e. The van der Waals surface area contributed by atoms with Gasteiger partial charge in [0.2, 0.25) is 0 Å². The molecule has 3 N–H and O–H groups in total. The first-order chi connectivity index (χ1) is 9.15. The Labute approximate surface area is 124 Å². The standard InChI is InChI=1S/C13H18N2O4.ClH/c1-18-12(16)7-11(8-14)15-13(17)19-9-10-5-3-2-4-6-10;/h2-6,11H,7-9,14H2,1H3,(H,15,17);1H/t11-;/m1./s1. The summed E-state index contributed by atoms with van der Waals surface area (Å²) in [7, 11) is 1.28. The summed E-state index contributed by atoms with van der Waals surface area (Å²) in [6.07, 6.45) is -0.587. The van der Waals surface area contributed by atoms with Gasteiger partial charge in [-0.15, -0.1) is 12.4 Å². The number of alkyl carbamates (subject to hydrolysis) is 1. The molecule has 112 valence electrons. The maximum absolute atomic E-state index is 11.5. The molecule has 1 atom stereocenters. The number of hydrogen-bond acceptors (Lipinski definition) is 5. The number of rotatable bonds is 6. The van der Waals surface area contributed by atoms with Crippen molar-refractivity contribution in [3.8, 4) is 0 Å². The van der Waals surface area contributed by atoms with Gasteiger partial charge in [-0.1, -0.05) is 30.3 Å². The summed E-state index contributed by atoms with van der Waals surface area (Å²) in [5, 5.41) is 2.52. The van der Waals surface area contributed by atoms with E-state index in [1.165, 1.54) is 7.11 Å². The molecule has 0 aliphatic carbocycles. The first kappa shape index (κ1) is 18.2. The van der Waals surface area contributed by atoms with Crippen molar-refractivity contribution in [2.24, 2.45) is 5.73 Å². The van der Waals surface area contributed by atoms with E-state index in [4.69, 9.17) is 10.5 Å². The van der Waals surface area contributed by atoms with E-state index in [0.29, 0.717) is 0 Å². The van der Waals surface area contributed by atoms with Gasteiger partial charge in [0.25, 0.3) is 0 Å². The summed E-state index contributed by atoms with van der Waals surface area (Å²) in [4.78, 5) is 22.6. The number of nitrogens with two attached hydrogens (primary N) is 1. The largest absolute Gasteiger partial charge is 0.469 e. The molecule has 0 saturated carbocycles. The Bertz CT molecular complexity index is 414. The fourth-order valence-corrected chi connectivity index (χ4v) is 1.41. The van der Waals surface area contributed by atoms with Gasteiger partial charge in [-0.05, 0) is 5.56 Å². The van der Waals surface area contributed by atoms with Crippen molar-refractivity contribution >= 4 is 24.5 Å². The van der Waals surface area contributed by atoms with Crippen molar-refractivity contribution in [1.29, 1.82) is 0 Å². The highest BCUT2D eigenvalue weighted by Crippen LogP contribution is 2.01. The van der Waals surface area contributed by atoms with Crippen LogP contribution < -0.4 is 11.1 Å². The molecule has 0 bridgehead atoms. The molecule has 0 unspecified atom stereocenters. The van der Waals surface area contributed by atoms with E-state index < -0.39 is 18.1 Å². The van der Waals surface area contributed by atoms with Crippen LogP contribution in [0.2, 0.25) is 0 Å². The Morgan fingerprint density at radius 1 is 1.30 bits per heavy atom. The Kier molecular flexibility index (Phi) is 9.15. The van der Waals surface area contributed by atoms with Gasteiger partial charge in [-0.25, -0.2) is 4.79 Å². The van der Waals surface area contributed by atoms with E-state index in [1.807, 2.05) is 30.3 Å². The Morgan fingerprint density at radius 3 is 2.50 bits per heavy atom. The SMILES string of the molecule is COC(=O)C[C@H](CN)NC(=O)OCc1ccccc1.Cl. The van der Waals surface area contributed by atoms with E-state index in [9.17, 15) is 9.59 Å². The molecule has 0 radical (unpaired) electrons. The highest BCUT2D eigenvalue weighted by Gasteiger charge is 2.15. The third-order valence-electron chi connectivity index (χ3n) is 2.46. The molecule has 0 saturated heterocycles. The predicted molar refractivity (Wildman–Crippen MR) is 76.5 cm³/mol. The van der Waals surface area contributed by atoms with Crippen molar-refractivity contribution < 1.29 is 19.1 Å². The van der Waals surface area contributed by atoms with Gasteiger partial charge in [0.1, 0.15) is 6.61 Å². The van der Waals surface area contributed by atoms with Gasteiger partial charge in [0, 0.05) is 6.54 Å². The molecule has 1 aromatic carbocycles. The summed E-state index contributed by atoms with van der Waals surface area (Å²) in [6, 6.07) is 8.80. The number of hydrogen-bond donors (Lipinski definition) is 2. The van der Waals surface area contributed by atoms with Gasteiger partial charge in [-0.3, -0.25) is 4.79 Å². The minimum atomic E-state index is -0.608. The van der Waals surface area contributed by atoms with E-state index >= 15 is 0 Å². The summed E-state index contributed by atoms with van der Waals surface area (Å²) >= 11 is 0. The molecule has 7 heteroatoms. The lowest BCUT2D eigenvalue weighted by Gasteiger charge is -2.15. The third-order valence-corrected chi connectivity index (χ3v) is 2.46. The van der Waals surface area contributed by atoms with Gasteiger partial charge in [0.15, 0.2) is 0 Å². The van der Waals surface area contributed by atoms with Crippen molar-refractivity contribution in [3.63, 3.8) is 0 Å². The quantitative estimate of drug-likeness (QED) is 0.771. The second kappa shape index (κ2) is 10.1. The molecule has 1 rings (SSSR count). The Morgan fingerprint density at radius 2 is 1.95 bits per heavy atom. The fourth-order valence-electron chi connectivity index (χ4n) is 1.41. The molecule has 1 aromatic rings. The Hall–Kier alpha value is -1.79. The van der Waals surface area contributed by atoms with Gasteiger partial charge in [0.05, 0.1) is 19.6 Å². The lowest BCUT2D eigenvalue weighted by molar-refractivity contribution is -0.141. The minimum absolute atomic E-state index is 0. The monoisotopic (exact) mass is 302 g/mol. The van der Waals surface area contributed by atoms with Gasteiger partial charge >= 0.3 is 12.1 Å². The first-order valence-electron chi connectivity index (χ1n) is 5.89. The molecule has 0 aliphatic heterocycles. The van der Waals surface area contributed by atoms with Crippen LogP contribution in [0.5, 0.6) is 0 Å². The average molecular weight is 303 g/mol. The first-order valence-corrected chi connectivity index (χ1v) is 5.89. The normalized spacial score (nSPS) is 10.9. The van der Waals surface area contributed by atoms with Crippen LogP contribution in [0.15, 0.2) is 30.3 Å². The lowest BCUT2D eigenvalue weighted by atomic mass is 10.2. The van der Waals surface area contributed by atoms with Crippen LogP contribution >= 0.6 is 12.4 Å². The molecule has 0 spiro atoms. The van der Waals surface area contributed by atoms with Crippen molar-refractivity contribution in [2.75, 3.05) is 13.7 Å². The molecule has 0 aliphatic rings. The summed E-state index contributed by atoms with van der Waals surface area (Å²) < 4.78 is 9.52. The smallest absolute Gasteiger partial charge is 0.407 e. The topological polar surface area (TPSA) is 90.6 Å². The summed E-state index contributed by atoms with van der Waals surface area (Å²) in [5.41, 5.74) is 6.34. The zero-order valence-corrected chi connectivity index (χ0v) is 12.0. The van der Waals surface area contributed by atoms with Crippen molar-refractivity contribution in [2.45, 2.75) is 19.1 Å². The summed E-state index contributed by atoms with van der Waals surface area (Å²) in [5.74, 6) is -0.432. The number of halogens is 1. The number of ether oxygens (including phenoxy) is 2.